The molecule has 2 N–H and O–H groups in total. The number of carbonyl (C=O) groups excluding carboxylic acids is 1. The Hall–Kier alpha value is -2.13. The quantitative estimate of drug-likeness (QED) is 0.895. The van der Waals surface area contributed by atoms with Crippen LogP contribution in [0.3, 0.4) is 0 Å². The van der Waals surface area contributed by atoms with Gasteiger partial charge in [0.15, 0.2) is 0 Å². The highest BCUT2D eigenvalue weighted by molar-refractivity contribution is 5.80. The summed E-state index contributed by atoms with van der Waals surface area (Å²) in [5, 5.41) is 9.21. The number of primary amides is 1. The van der Waals surface area contributed by atoms with E-state index in [9.17, 15) is 10.1 Å². The number of aromatic nitrogens is 1. The van der Waals surface area contributed by atoms with Gasteiger partial charge in [0, 0.05) is 25.3 Å². The second kappa shape index (κ2) is 6.32. The summed E-state index contributed by atoms with van der Waals surface area (Å²) in [6, 6.07) is 4.31. The van der Waals surface area contributed by atoms with Crippen LogP contribution in [0.15, 0.2) is 18.5 Å². The molecule has 0 spiro atoms. The van der Waals surface area contributed by atoms with E-state index in [4.69, 9.17) is 5.73 Å². The van der Waals surface area contributed by atoms with Crippen molar-refractivity contribution in [2.75, 3.05) is 24.5 Å². The van der Waals surface area contributed by atoms with Gasteiger partial charge in [-0.2, -0.15) is 5.26 Å². The predicted molar refractivity (Wildman–Crippen MR) is 83.1 cm³/mol. The molecule has 2 aliphatic heterocycles. The number of amides is 1. The molecule has 3 rings (SSSR count). The molecule has 6 nitrogen and oxygen atoms in total. The van der Waals surface area contributed by atoms with Crippen LogP contribution in [0.5, 0.6) is 0 Å². The molecule has 2 aliphatic rings. The second-order valence-corrected chi connectivity index (χ2v) is 6.02. The molecule has 1 aromatic rings. The molecular weight excluding hydrogens is 278 g/mol. The smallest absolute Gasteiger partial charge is 0.234 e. The Balaban J connectivity index is 1.66. The summed E-state index contributed by atoms with van der Waals surface area (Å²) >= 11 is 0. The molecular formula is C16H21N5O. The summed E-state index contributed by atoms with van der Waals surface area (Å²) in [4.78, 5) is 20.2. The van der Waals surface area contributed by atoms with E-state index < -0.39 is 0 Å². The highest BCUT2D eigenvalue weighted by Crippen LogP contribution is 2.28. The maximum Gasteiger partial charge on any atom is 0.234 e. The van der Waals surface area contributed by atoms with E-state index in [0.29, 0.717) is 11.6 Å². The lowest BCUT2D eigenvalue weighted by molar-refractivity contribution is -0.123. The normalized spacial score (nSPS) is 23.4. The van der Waals surface area contributed by atoms with E-state index in [2.05, 4.69) is 20.9 Å². The predicted octanol–water partition coefficient (Wildman–Crippen LogP) is 0.872. The highest BCUT2D eigenvalue weighted by atomic mass is 16.1. The molecule has 3 heterocycles. The molecule has 1 amide bonds. The van der Waals surface area contributed by atoms with Crippen LogP contribution >= 0.6 is 0 Å². The van der Waals surface area contributed by atoms with Gasteiger partial charge in [-0.3, -0.25) is 14.7 Å². The molecule has 0 bridgehead atoms. The number of nitriles is 1. The van der Waals surface area contributed by atoms with Crippen molar-refractivity contribution in [3.63, 3.8) is 0 Å². The minimum absolute atomic E-state index is 0.0930. The van der Waals surface area contributed by atoms with Crippen LogP contribution in [0, 0.1) is 11.3 Å². The standard InChI is InChI=1S/C16H21N5O/c17-10-12-3-6-19-11-15(12)20-8-4-13(5-9-20)21-7-1-2-14(21)16(18)22/h3,6,11,13-14H,1-2,4-5,7-9H2,(H2,18,22). The van der Waals surface area contributed by atoms with E-state index in [1.807, 2.05) is 0 Å². The van der Waals surface area contributed by atoms with Gasteiger partial charge in [0.1, 0.15) is 6.07 Å². The largest absolute Gasteiger partial charge is 0.369 e. The SMILES string of the molecule is N#Cc1ccncc1N1CCC(N2CCCC2C(N)=O)CC1. The first-order valence-electron chi connectivity index (χ1n) is 7.85. The van der Waals surface area contributed by atoms with Crippen LogP contribution in [0.25, 0.3) is 0 Å². The van der Waals surface area contributed by atoms with Gasteiger partial charge in [0.25, 0.3) is 0 Å². The molecule has 6 heteroatoms. The van der Waals surface area contributed by atoms with Crippen molar-refractivity contribution in [1.29, 1.82) is 5.26 Å². The first kappa shape index (κ1) is 14.8. The lowest BCUT2D eigenvalue weighted by Gasteiger charge is -2.39. The Morgan fingerprint density at radius 1 is 1.32 bits per heavy atom. The Kier molecular flexibility index (Phi) is 4.25. The van der Waals surface area contributed by atoms with Crippen molar-refractivity contribution >= 4 is 11.6 Å². The zero-order valence-corrected chi connectivity index (χ0v) is 12.6. The number of carbonyl (C=O) groups is 1. The fourth-order valence-corrected chi connectivity index (χ4v) is 3.70. The maximum absolute atomic E-state index is 11.5. The van der Waals surface area contributed by atoms with Crippen molar-refractivity contribution in [1.82, 2.24) is 9.88 Å². The number of hydrogen-bond donors (Lipinski definition) is 1. The molecule has 22 heavy (non-hydrogen) atoms. The molecule has 116 valence electrons. The summed E-state index contributed by atoms with van der Waals surface area (Å²) in [5.74, 6) is -0.195. The Morgan fingerprint density at radius 2 is 2.09 bits per heavy atom. The van der Waals surface area contributed by atoms with Crippen molar-refractivity contribution in [3.05, 3.63) is 24.0 Å². The van der Waals surface area contributed by atoms with Crippen molar-refractivity contribution < 1.29 is 4.79 Å². The third kappa shape index (κ3) is 2.77. The molecule has 1 atom stereocenters. The van der Waals surface area contributed by atoms with Gasteiger partial charge in [-0.15, -0.1) is 0 Å². The van der Waals surface area contributed by atoms with E-state index >= 15 is 0 Å². The highest BCUT2D eigenvalue weighted by Gasteiger charge is 2.35. The molecule has 2 saturated heterocycles. The van der Waals surface area contributed by atoms with Crippen LogP contribution in [0.1, 0.15) is 31.2 Å². The lowest BCUT2D eigenvalue weighted by atomic mass is 10.0. The first-order chi connectivity index (χ1) is 10.7. The molecule has 0 radical (unpaired) electrons. The second-order valence-electron chi connectivity index (χ2n) is 6.02. The average molecular weight is 299 g/mol. The van der Waals surface area contributed by atoms with Crippen LogP contribution in [0.4, 0.5) is 5.69 Å². The van der Waals surface area contributed by atoms with Gasteiger partial charge in [0.05, 0.1) is 23.5 Å². The molecule has 0 saturated carbocycles. The summed E-state index contributed by atoms with van der Waals surface area (Å²) in [6.07, 6.45) is 7.33. The van der Waals surface area contributed by atoms with Crippen LogP contribution in [-0.2, 0) is 4.79 Å². The summed E-state index contributed by atoms with van der Waals surface area (Å²) < 4.78 is 0. The number of pyridine rings is 1. The fourth-order valence-electron chi connectivity index (χ4n) is 3.70. The van der Waals surface area contributed by atoms with E-state index in [0.717, 1.165) is 51.0 Å². The number of anilines is 1. The number of hydrogen-bond acceptors (Lipinski definition) is 5. The summed E-state index contributed by atoms with van der Waals surface area (Å²) in [6.45, 7) is 2.73. The number of nitrogens with zero attached hydrogens (tertiary/aromatic N) is 4. The van der Waals surface area contributed by atoms with Gasteiger partial charge in [0.2, 0.25) is 5.91 Å². The lowest BCUT2D eigenvalue weighted by Crippen LogP contribution is -2.50. The van der Waals surface area contributed by atoms with Gasteiger partial charge in [-0.1, -0.05) is 0 Å². The van der Waals surface area contributed by atoms with Crippen molar-refractivity contribution in [2.24, 2.45) is 5.73 Å². The molecule has 0 aliphatic carbocycles. The number of rotatable bonds is 3. The molecule has 0 aromatic carbocycles. The van der Waals surface area contributed by atoms with E-state index in [1.54, 1.807) is 18.5 Å². The maximum atomic E-state index is 11.5. The zero-order chi connectivity index (χ0) is 15.5. The minimum Gasteiger partial charge on any atom is -0.369 e. The first-order valence-corrected chi connectivity index (χ1v) is 7.85. The molecule has 2 fully saturated rings. The summed E-state index contributed by atoms with van der Waals surface area (Å²) in [5.41, 5.74) is 7.10. The van der Waals surface area contributed by atoms with Crippen molar-refractivity contribution in [3.8, 4) is 6.07 Å². The number of nitrogens with two attached hydrogens (primary N) is 1. The zero-order valence-electron chi connectivity index (χ0n) is 12.6. The van der Waals surface area contributed by atoms with Crippen LogP contribution in [-0.4, -0.2) is 47.5 Å². The Labute approximate surface area is 130 Å². The van der Waals surface area contributed by atoms with Gasteiger partial charge in [-0.25, -0.2) is 0 Å². The third-order valence-electron chi connectivity index (χ3n) is 4.82. The third-order valence-corrected chi connectivity index (χ3v) is 4.82. The monoisotopic (exact) mass is 299 g/mol. The summed E-state index contributed by atoms with van der Waals surface area (Å²) in [7, 11) is 0. The topological polar surface area (TPSA) is 86.2 Å². The Bertz CT molecular complexity index is 588. The number of piperidine rings is 1. The van der Waals surface area contributed by atoms with Crippen LogP contribution in [0.2, 0.25) is 0 Å². The van der Waals surface area contributed by atoms with Gasteiger partial charge >= 0.3 is 0 Å². The minimum atomic E-state index is -0.195. The van der Waals surface area contributed by atoms with E-state index in [1.165, 1.54) is 0 Å². The fraction of sp³-hybridized carbons (Fsp3) is 0.562. The molecule has 1 unspecified atom stereocenters. The average Bonchev–Trinajstić information content (AvgIpc) is 3.05. The van der Waals surface area contributed by atoms with Crippen LogP contribution < -0.4 is 10.6 Å². The van der Waals surface area contributed by atoms with Gasteiger partial charge in [-0.05, 0) is 38.3 Å². The van der Waals surface area contributed by atoms with Gasteiger partial charge < -0.3 is 10.6 Å². The number of likely N-dealkylation sites (tertiary alicyclic amines) is 1. The Morgan fingerprint density at radius 3 is 2.77 bits per heavy atom. The van der Waals surface area contributed by atoms with E-state index in [-0.39, 0.29) is 11.9 Å². The van der Waals surface area contributed by atoms with Crippen molar-refractivity contribution in [2.45, 2.75) is 37.8 Å². The molecule has 1 aromatic heterocycles.